The Morgan fingerprint density at radius 3 is 3.06 bits per heavy atom. The van der Waals surface area contributed by atoms with Gasteiger partial charge in [0.05, 0.1) is 0 Å². The highest BCUT2D eigenvalue weighted by molar-refractivity contribution is 6.18. The maximum absolute atomic E-state index is 11.7. The van der Waals surface area contributed by atoms with Crippen LogP contribution in [0.4, 0.5) is 0 Å². The highest BCUT2D eigenvalue weighted by Gasteiger charge is 2.23. The number of carbonyl (C=O) groups is 1. The van der Waals surface area contributed by atoms with Crippen LogP contribution in [0.15, 0.2) is 35.1 Å². The van der Waals surface area contributed by atoms with Crippen molar-refractivity contribution in [3.63, 3.8) is 0 Å². The topological polar surface area (TPSA) is 29.1 Å². The van der Waals surface area contributed by atoms with Gasteiger partial charge in [-0.25, -0.2) is 0 Å². The lowest BCUT2D eigenvalue weighted by Crippen LogP contribution is -2.17. The molecule has 0 radical (unpaired) electrons. The van der Waals surface area contributed by atoms with Gasteiger partial charge in [-0.15, -0.1) is 11.6 Å². The lowest BCUT2D eigenvalue weighted by atomic mass is 9.94. The van der Waals surface area contributed by atoms with Gasteiger partial charge >= 0.3 is 0 Å². The average Bonchev–Trinajstić information content (AvgIpc) is 2.59. The fraction of sp³-hybridized carbons (Fsp3) is 0.500. The number of halogens is 1. The van der Waals surface area contributed by atoms with Crippen molar-refractivity contribution >= 4 is 17.5 Å². The summed E-state index contributed by atoms with van der Waals surface area (Å²) in [5.41, 5.74) is 2.88. The summed E-state index contributed by atoms with van der Waals surface area (Å²) in [6.45, 7) is 2.00. The molecule has 1 N–H and O–H groups in total. The first-order chi connectivity index (χ1) is 8.22. The van der Waals surface area contributed by atoms with E-state index in [4.69, 9.17) is 11.6 Å². The summed E-state index contributed by atoms with van der Waals surface area (Å²) in [6.07, 6.45) is 10.9. The van der Waals surface area contributed by atoms with Crippen molar-refractivity contribution in [3.8, 4) is 0 Å². The van der Waals surface area contributed by atoms with Crippen molar-refractivity contribution in [1.82, 2.24) is 5.32 Å². The molecule has 1 aliphatic carbocycles. The quantitative estimate of drug-likeness (QED) is 0.605. The van der Waals surface area contributed by atoms with Crippen LogP contribution in [0.2, 0.25) is 0 Å². The molecule has 0 spiro atoms. The second-order valence-corrected chi connectivity index (χ2v) is 4.98. The lowest BCUT2D eigenvalue weighted by Gasteiger charge is -2.13. The van der Waals surface area contributed by atoms with Crippen molar-refractivity contribution < 1.29 is 4.79 Å². The van der Waals surface area contributed by atoms with Crippen LogP contribution in [-0.2, 0) is 4.79 Å². The third-order valence-electron chi connectivity index (χ3n) is 3.40. The van der Waals surface area contributed by atoms with Gasteiger partial charge in [-0.05, 0) is 44.1 Å². The van der Waals surface area contributed by atoms with E-state index in [9.17, 15) is 4.79 Å². The number of hydrogen-bond donors (Lipinski definition) is 1. The van der Waals surface area contributed by atoms with Gasteiger partial charge in [0.15, 0.2) is 0 Å². The van der Waals surface area contributed by atoms with Crippen LogP contribution in [0.3, 0.4) is 0 Å². The highest BCUT2D eigenvalue weighted by atomic mass is 35.5. The SMILES string of the molecule is CC1=C(CCCl)C(=O)NC1=C[C@@H]1C=CCCC1. The zero-order valence-electron chi connectivity index (χ0n) is 10.1. The molecule has 0 unspecified atom stereocenters. The van der Waals surface area contributed by atoms with E-state index in [0.717, 1.165) is 16.8 Å². The number of amides is 1. The number of hydrogen-bond acceptors (Lipinski definition) is 1. The molecule has 1 heterocycles. The van der Waals surface area contributed by atoms with Gasteiger partial charge < -0.3 is 5.32 Å². The molecule has 0 aromatic rings. The average molecular weight is 252 g/mol. The van der Waals surface area contributed by atoms with Crippen molar-refractivity contribution in [2.75, 3.05) is 5.88 Å². The molecule has 1 aliphatic heterocycles. The first-order valence-corrected chi connectivity index (χ1v) is 6.71. The van der Waals surface area contributed by atoms with Gasteiger partial charge in [-0.3, -0.25) is 4.79 Å². The van der Waals surface area contributed by atoms with Gasteiger partial charge in [0.1, 0.15) is 0 Å². The van der Waals surface area contributed by atoms with Crippen LogP contribution in [-0.4, -0.2) is 11.8 Å². The molecule has 0 aromatic carbocycles. The molecule has 2 nitrogen and oxygen atoms in total. The number of carbonyl (C=O) groups excluding carboxylic acids is 1. The van der Waals surface area contributed by atoms with Crippen molar-refractivity contribution in [2.24, 2.45) is 5.92 Å². The number of nitrogens with one attached hydrogen (secondary N) is 1. The fourth-order valence-corrected chi connectivity index (χ4v) is 2.57. The van der Waals surface area contributed by atoms with Gasteiger partial charge in [-0.2, -0.15) is 0 Å². The predicted molar refractivity (Wildman–Crippen MR) is 70.7 cm³/mol. The molecule has 3 heteroatoms. The lowest BCUT2D eigenvalue weighted by molar-refractivity contribution is -0.116. The van der Waals surface area contributed by atoms with Crippen LogP contribution < -0.4 is 5.32 Å². The maximum Gasteiger partial charge on any atom is 0.251 e. The van der Waals surface area contributed by atoms with Crippen LogP contribution in [0.5, 0.6) is 0 Å². The Kier molecular flexibility index (Phi) is 4.06. The third kappa shape index (κ3) is 2.81. The minimum absolute atomic E-state index is 0.0224. The first kappa shape index (κ1) is 12.4. The smallest absolute Gasteiger partial charge is 0.251 e. The predicted octanol–water partition coefficient (Wildman–Crippen LogP) is 3.30. The second kappa shape index (κ2) is 5.54. The summed E-state index contributed by atoms with van der Waals surface area (Å²) in [4.78, 5) is 11.7. The molecule has 0 fully saturated rings. The third-order valence-corrected chi connectivity index (χ3v) is 3.58. The molecule has 1 amide bonds. The molecule has 17 heavy (non-hydrogen) atoms. The summed E-state index contributed by atoms with van der Waals surface area (Å²) >= 11 is 5.71. The Morgan fingerprint density at radius 2 is 2.41 bits per heavy atom. The van der Waals surface area contributed by atoms with E-state index >= 15 is 0 Å². The fourth-order valence-electron chi connectivity index (χ4n) is 2.38. The molecule has 92 valence electrons. The van der Waals surface area contributed by atoms with Crippen molar-refractivity contribution in [2.45, 2.75) is 32.6 Å². The van der Waals surface area contributed by atoms with Crippen LogP contribution in [0.25, 0.3) is 0 Å². The summed E-state index contributed by atoms with van der Waals surface area (Å²) in [5, 5.41) is 2.94. The highest BCUT2D eigenvalue weighted by Crippen LogP contribution is 2.27. The molecule has 2 aliphatic rings. The van der Waals surface area contributed by atoms with E-state index in [2.05, 4.69) is 23.5 Å². The minimum atomic E-state index is 0.0224. The van der Waals surface area contributed by atoms with Crippen LogP contribution >= 0.6 is 11.6 Å². The number of allylic oxidation sites excluding steroid dienone is 4. The van der Waals surface area contributed by atoms with Crippen molar-refractivity contribution in [3.05, 3.63) is 35.1 Å². The van der Waals surface area contributed by atoms with E-state index in [1.807, 2.05) is 6.92 Å². The van der Waals surface area contributed by atoms with Gasteiger partial charge in [-0.1, -0.05) is 18.2 Å². The van der Waals surface area contributed by atoms with E-state index in [0.29, 0.717) is 18.2 Å². The van der Waals surface area contributed by atoms with E-state index in [1.54, 1.807) is 0 Å². The molecule has 2 rings (SSSR count). The normalized spacial score (nSPS) is 26.8. The molecule has 0 saturated heterocycles. The number of alkyl halides is 1. The molecule has 1 atom stereocenters. The molecular weight excluding hydrogens is 234 g/mol. The summed E-state index contributed by atoms with van der Waals surface area (Å²) < 4.78 is 0. The Hall–Kier alpha value is -1.02. The van der Waals surface area contributed by atoms with Crippen LogP contribution in [0.1, 0.15) is 32.6 Å². The summed E-state index contributed by atoms with van der Waals surface area (Å²) in [7, 11) is 0. The molecule has 0 bridgehead atoms. The molecule has 0 aromatic heterocycles. The monoisotopic (exact) mass is 251 g/mol. The van der Waals surface area contributed by atoms with E-state index in [-0.39, 0.29) is 5.91 Å². The second-order valence-electron chi connectivity index (χ2n) is 4.60. The molecule has 0 saturated carbocycles. The maximum atomic E-state index is 11.7. The van der Waals surface area contributed by atoms with Gasteiger partial charge in [0.25, 0.3) is 5.91 Å². The summed E-state index contributed by atoms with van der Waals surface area (Å²) in [6, 6.07) is 0. The van der Waals surface area contributed by atoms with Crippen molar-refractivity contribution in [1.29, 1.82) is 0 Å². The van der Waals surface area contributed by atoms with Gasteiger partial charge in [0.2, 0.25) is 0 Å². The first-order valence-electron chi connectivity index (χ1n) is 6.18. The Morgan fingerprint density at radius 1 is 1.59 bits per heavy atom. The number of rotatable bonds is 3. The molecular formula is C14H18ClNO. The zero-order valence-corrected chi connectivity index (χ0v) is 10.9. The largest absolute Gasteiger partial charge is 0.322 e. The van der Waals surface area contributed by atoms with Gasteiger partial charge in [0, 0.05) is 17.2 Å². The van der Waals surface area contributed by atoms with Crippen LogP contribution in [0, 0.1) is 5.92 Å². The minimum Gasteiger partial charge on any atom is -0.322 e. The van der Waals surface area contributed by atoms with E-state index in [1.165, 1.54) is 19.3 Å². The Labute approximate surface area is 107 Å². The Balaban J connectivity index is 2.17. The summed E-state index contributed by atoms with van der Waals surface area (Å²) in [5.74, 6) is 0.981. The zero-order chi connectivity index (χ0) is 12.3. The standard InChI is InChI=1S/C14H18ClNO/c1-10-12(7-8-15)14(17)16-13(10)9-11-5-3-2-4-6-11/h3,5,9,11H,2,4,6-8H2,1H3,(H,16,17)/t11-/m1/s1. The van der Waals surface area contributed by atoms with E-state index < -0.39 is 0 Å². The Bertz CT molecular complexity index is 406.